The number of nitrogen functional groups attached to an aromatic ring is 1. The molecule has 7 rings (SSSR count). The van der Waals surface area contributed by atoms with E-state index in [2.05, 4.69) is 20.3 Å². The SMILES string of the molecule is CN1C[C@@H](C(F)(F)F)[C@H]1COc1nc(N2CC3CCC(C2)N3)c2cnc(-c3cc(N)cc4cccc(F)c34)c(F)c2n1. The number of hydrogen-bond acceptors (Lipinski definition) is 8. The molecule has 3 aliphatic heterocycles. The maximum Gasteiger partial charge on any atom is 0.394 e. The van der Waals surface area contributed by atoms with Gasteiger partial charge in [0, 0.05) is 54.6 Å². The number of alkyl halides is 3. The molecule has 2 aromatic heterocycles. The number of fused-ring (bicyclic) bond motifs is 4. The van der Waals surface area contributed by atoms with E-state index in [4.69, 9.17) is 10.5 Å². The van der Waals surface area contributed by atoms with Crippen molar-refractivity contribution in [2.24, 2.45) is 5.92 Å². The minimum atomic E-state index is -4.36. The fourth-order valence-corrected chi connectivity index (χ4v) is 6.54. The third-order valence-corrected chi connectivity index (χ3v) is 8.68. The molecule has 0 aliphatic carbocycles. The molecule has 0 radical (unpaired) electrons. The van der Waals surface area contributed by atoms with E-state index in [9.17, 15) is 17.6 Å². The zero-order chi connectivity index (χ0) is 29.3. The van der Waals surface area contributed by atoms with Crippen LogP contribution in [0.5, 0.6) is 6.01 Å². The molecule has 4 aromatic rings. The molecule has 3 saturated heterocycles. The molecule has 42 heavy (non-hydrogen) atoms. The smallest absolute Gasteiger partial charge is 0.394 e. The normalized spacial score (nSPS) is 24.4. The van der Waals surface area contributed by atoms with Gasteiger partial charge in [0.2, 0.25) is 0 Å². The first-order chi connectivity index (χ1) is 20.1. The van der Waals surface area contributed by atoms with Crippen LogP contribution < -0.4 is 20.7 Å². The van der Waals surface area contributed by atoms with E-state index in [1.165, 1.54) is 24.4 Å². The highest BCUT2D eigenvalue weighted by Crippen LogP contribution is 2.40. The molecular formula is C29H28F5N7O. The number of likely N-dealkylation sites (tertiary alicyclic amines) is 1. The van der Waals surface area contributed by atoms with Gasteiger partial charge in [-0.3, -0.25) is 9.88 Å². The molecule has 2 bridgehead atoms. The van der Waals surface area contributed by atoms with Gasteiger partial charge in [-0.2, -0.15) is 23.1 Å². The number of piperazine rings is 1. The number of nitrogens with zero attached hydrogens (tertiary/aromatic N) is 5. The van der Waals surface area contributed by atoms with Crippen LogP contribution >= 0.6 is 0 Å². The number of likely N-dealkylation sites (N-methyl/N-ethyl adjacent to an activating group) is 1. The van der Waals surface area contributed by atoms with Crippen LogP contribution in [-0.2, 0) is 0 Å². The van der Waals surface area contributed by atoms with E-state index in [1.54, 1.807) is 24.1 Å². The Morgan fingerprint density at radius 1 is 1.07 bits per heavy atom. The number of anilines is 2. The summed E-state index contributed by atoms with van der Waals surface area (Å²) in [6.45, 7) is 0.776. The quantitative estimate of drug-likeness (QED) is 0.261. The molecule has 3 aliphatic rings. The number of nitrogens with one attached hydrogen (secondary N) is 1. The van der Waals surface area contributed by atoms with Crippen molar-refractivity contribution >= 4 is 33.2 Å². The molecule has 0 spiro atoms. The second-order valence-corrected chi connectivity index (χ2v) is 11.4. The lowest BCUT2D eigenvalue weighted by Crippen LogP contribution is -2.61. The summed E-state index contributed by atoms with van der Waals surface area (Å²) in [4.78, 5) is 16.9. The van der Waals surface area contributed by atoms with Gasteiger partial charge in [-0.05, 0) is 43.5 Å². The summed E-state index contributed by atoms with van der Waals surface area (Å²) < 4.78 is 77.5. The molecular weight excluding hydrogens is 557 g/mol. The average molecular weight is 586 g/mol. The fraction of sp³-hybridized carbons (Fsp3) is 0.414. The van der Waals surface area contributed by atoms with Crippen molar-refractivity contribution in [3.05, 3.63) is 48.2 Å². The summed E-state index contributed by atoms with van der Waals surface area (Å²) in [6.07, 6.45) is -0.930. The van der Waals surface area contributed by atoms with Gasteiger partial charge in [-0.25, -0.2) is 8.78 Å². The Morgan fingerprint density at radius 2 is 1.83 bits per heavy atom. The third kappa shape index (κ3) is 4.55. The summed E-state index contributed by atoms with van der Waals surface area (Å²) in [5.41, 5.74) is 6.27. The predicted molar refractivity (Wildman–Crippen MR) is 148 cm³/mol. The first-order valence-electron chi connectivity index (χ1n) is 13.8. The summed E-state index contributed by atoms with van der Waals surface area (Å²) in [7, 11) is 1.59. The molecule has 3 fully saturated rings. The Labute approximate surface area is 237 Å². The molecule has 0 amide bonds. The van der Waals surface area contributed by atoms with E-state index in [-0.39, 0.29) is 53.4 Å². The highest BCUT2D eigenvalue weighted by molar-refractivity contribution is 6.01. The van der Waals surface area contributed by atoms with Gasteiger partial charge in [0.05, 0.1) is 17.3 Å². The lowest BCUT2D eigenvalue weighted by Gasteiger charge is -2.46. The number of aromatic nitrogens is 3. The second kappa shape index (κ2) is 9.87. The Kier molecular flexibility index (Phi) is 6.35. The van der Waals surface area contributed by atoms with Crippen LogP contribution in [0.25, 0.3) is 32.9 Å². The van der Waals surface area contributed by atoms with Crippen molar-refractivity contribution in [2.45, 2.75) is 37.1 Å². The van der Waals surface area contributed by atoms with Crippen LogP contribution in [-0.4, -0.2) is 77.4 Å². The summed E-state index contributed by atoms with van der Waals surface area (Å²) in [5, 5.41) is 4.51. The minimum absolute atomic E-state index is 0.118. The summed E-state index contributed by atoms with van der Waals surface area (Å²) in [6, 6.07) is 6.85. The number of benzene rings is 2. The molecule has 13 heteroatoms. The first-order valence-corrected chi connectivity index (χ1v) is 13.8. The van der Waals surface area contributed by atoms with Crippen LogP contribution in [0.2, 0.25) is 0 Å². The van der Waals surface area contributed by atoms with Gasteiger partial charge < -0.3 is 20.7 Å². The largest absolute Gasteiger partial charge is 0.462 e. The topological polar surface area (TPSA) is 92.4 Å². The number of rotatable bonds is 5. The van der Waals surface area contributed by atoms with Gasteiger partial charge in [-0.15, -0.1) is 0 Å². The van der Waals surface area contributed by atoms with Gasteiger partial charge >= 0.3 is 12.2 Å². The van der Waals surface area contributed by atoms with Gasteiger partial charge in [-0.1, -0.05) is 12.1 Å². The molecule has 0 saturated carbocycles. The van der Waals surface area contributed by atoms with Crippen molar-refractivity contribution in [1.29, 1.82) is 0 Å². The van der Waals surface area contributed by atoms with Crippen LogP contribution in [0.4, 0.5) is 33.5 Å². The van der Waals surface area contributed by atoms with Crippen LogP contribution in [0.15, 0.2) is 36.5 Å². The van der Waals surface area contributed by atoms with Crippen molar-refractivity contribution in [1.82, 2.24) is 25.2 Å². The Hall–Kier alpha value is -3.84. The van der Waals surface area contributed by atoms with E-state index < -0.39 is 29.8 Å². The monoisotopic (exact) mass is 585 g/mol. The molecule has 5 heterocycles. The first kappa shape index (κ1) is 27.0. The van der Waals surface area contributed by atoms with E-state index in [0.29, 0.717) is 35.4 Å². The van der Waals surface area contributed by atoms with Crippen molar-refractivity contribution in [3.63, 3.8) is 0 Å². The van der Waals surface area contributed by atoms with Crippen molar-refractivity contribution < 1.29 is 26.7 Å². The zero-order valence-corrected chi connectivity index (χ0v) is 22.6. The van der Waals surface area contributed by atoms with Gasteiger partial charge in [0.1, 0.15) is 29.5 Å². The number of hydrogen-bond donors (Lipinski definition) is 2. The van der Waals surface area contributed by atoms with Crippen molar-refractivity contribution in [3.8, 4) is 17.3 Å². The highest BCUT2D eigenvalue weighted by Gasteiger charge is 2.53. The number of ether oxygens (including phenoxy) is 1. The predicted octanol–water partition coefficient (Wildman–Crippen LogP) is 4.52. The molecule has 3 N–H and O–H groups in total. The van der Waals surface area contributed by atoms with Crippen LogP contribution in [0, 0.1) is 17.6 Å². The van der Waals surface area contributed by atoms with Crippen LogP contribution in [0.3, 0.4) is 0 Å². The fourth-order valence-electron chi connectivity index (χ4n) is 6.54. The van der Waals surface area contributed by atoms with Gasteiger partial charge in [0.25, 0.3) is 0 Å². The molecule has 2 unspecified atom stereocenters. The zero-order valence-electron chi connectivity index (χ0n) is 22.6. The Balaban J connectivity index is 1.34. The lowest BCUT2D eigenvalue weighted by atomic mass is 9.89. The summed E-state index contributed by atoms with van der Waals surface area (Å²) in [5.74, 6) is -2.53. The molecule has 8 nitrogen and oxygen atoms in total. The van der Waals surface area contributed by atoms with Gasteiger partial charge in [0.15, 0.2) is 5.82 Å². The maximum absolute atomic E-state index is 16.4. The number of halogens is 5. The maximum atomic E-state index is 16.4. The average Bonchev–Trinajstić information content (AvgIpc) is 3.27. The van der Waals surface area contributed by atoms with E-state index in [1.807, 2.05) is 4.90 Å². The third-order valence-electron chi connectivity index (χ3n) is 8.68. The summed E-state index contributed by atoms with van der Waals surface area (Å²) >= 11 is 0. The molecule has 4 atom stereocenters. The second-order valence-electron chi connectivity index (χ2n) is 11.4. The minimum Gasteiger partial charge on any atom is -0.462 e. The Morgan fingerprint density at radius 3 is 2.55 bits per heavy atom. The highest BCUT2D eigenvalue weighted by atomic mass is 19.4. The molecule has 2 aromatic carbocycles. The van der Waals surface area contributed by atoms with E-state index in [0.717, 1.165) is 12.8 Å². The van der Waals surface area contributed by atoms with Crippen LogP contribution in [0.1, 0.15) is 12.8 Å². The lowest BCUT2D eigenvalue weighted by molar-refractivity contribution is -0.230. The Bertz CT molecular complexity index is 1690. The van der Waals surface area contributed by atoms with E-state index >= 15 is 4.39 Å². The van der Waals surface area contributed by atoms with Crippen molar-refractivity contribution in [2.75, 3.05) is 43.9 Å². The standard InChI is InChI=1S/C29H28F5N7O/c1-40-12-20(29(32,33)34)22(40)13-42-28-38-26-19(27(39-28)41-10-16-5-6-17(11-41)37-16)9-36-25(24(26)31)18-8-15(35)7-14-3-2-4-21(30)23(14)18/h2-4,7-9,16-17,20,22,37H,5-6,10-13,35H2,1H3/t16?,17?,20-,22-/m1/s1. The molecule has 220 valence electrons. The number of nitrogens with two attached hydrogens (primary N) is 1. The number of pyridine rings is 1.